The molecule has 3 N–H and O–H groups in total. The van der Waals surface area contributed by atoms with Gasteiger partial charge in [0.15, 0.2) is 0 Å². The molecule has 2 rings (SSSR count). The molecule has 0 amide bonds. The van der Waals surface area contributed by atoms with E-state index in [1.807, 2.05) is 6.07 Å². The number of nitrogens with one attached hydrogen (secondary N) is 1. The van der Waals surface area contributed by atoms with Crippen molar-refractivity contribution in [2.75, 3.05) is 20.2 Å². The predicted octanol–water partition coefficient (Wildman–Crippen LogP) is 2.34. The Bertz CT molecular complexity index is 373. The van der Waals surface area contributed by atoms with Gasteiger partial charge in [-0.05, 0) is 68.8 Å². The normalized spacial score (nSPS) is 23.3. The van der Waals surface area contributed by atoms with E-state index in [0.29, 0.717) is 6.04 Å². The first kappa shape index (κ1) is 14.4. The summed E-state index contributed by atoms with van der Waals surface area (Å²) in [5.41, 5.74) is 7.25. The number of hydrogen-bond donors (Lipinski definition) is 2. The first-order valence-corrected chi connectivity index (χ1v) is 7.37. The maximum absolute atomic E-state index is 5.92. The summed E-state index contributed by atoms with van der Waals surface area (Å²) in [7, 11) is 1.71. The lowest BCUT2D eigenvalue weighted by Gasteiger charge is -2.26. The SMILES string of the molecule is COc1cccc(CCNCC2CCC(N)CC2)c1. The third-order valence-corrected chi connectivity index (χ3v) is 4.05. The van der Waals surface area contributed by atoms with Gasteiger partial charge in [0, 0.05) is 6.04 Å². The first-order chi connectivity index (χ1) is 9.28. The van der Waals surface area contributed by atoms with Crippen LogP contribution in [0.2, 0.25) is 0 Å². The molecule has 3 nitrogen and oxygen atoms in total. The van der Waals surface area contributed by atoms with Gasteiger partial charge in [0.1, 0.15) is 5.75 Å². The van der Waals surface area contributed by atoms with Gasteiger partial charge in [-0.25, -0.2) is 0 Å². The second kappa shape index (κ2) is 7.51. The molecule has 0 saturated heterocycles. The highest BCUT2D eigenvalue weighted by Gasteiger charge is 2.17. The van der Waals surface area contributed by atoms with Crippen LogP contribution < -0.4 is 15.8 Å². The van der Waals surface area contributed by atoms with E-state index >= 15 is 0 Å². The molecule has 1 aliphatic rings. The van der Waals surface area contributed by atoms with Gasteiger partial charge in [-0.3, -0.25) is 0 Å². The summed E-state index contributed by atoms with van der Waals surface area (Å²) < 4.78 is 5.23. The number of nitrogens with two attached hydrogens (primary N) is 1. The summed E-state index contributed by atoms with van der Waals surface area (Å²) in [6, 6.07) is 8.76. The van der Waals surface area contributed by atoms with Crippen molar-refractivity contribution in [3.63, 3.8) is 0 Å². The van der Waals surface area contributed by atoms with Crippen molar-refractivity contribution in [3.8, 4) is 5.75 Å². The zero-order chi connectivity index (χ0) is 13.5. The van der Waals surface area contributed by atoms with E-state index in [2.05, 4.69) is 23.5 Å². The highest BCUT2D eigenvalue weighted by atomic mass is 16.5. The van der Waals surface area contributed by atoms with E-state index in [1.165, 1.54) is 31.2 Å². The van der Waals surface area contributed by atoms with Crippen LogP contribution in [-0.2, 0) is 6.42 Å². The molecule has 0 bridgehead atoms. The summed E-state index contributed by atoms with van der Waals surface area (Å²) in [6.45, 7) is 2.17. The molecule has 0 spiro atoms. The van der Waals surface area contributed by atoms with E-state index in [-0.39, 0.29) is 0 Å². The number of hydrogen-bond acceptors (Lipinski definition) is 3. The molecule has 0 atom stereocenters. The first-order valence-electron chi connectivity index (χ1n) is 7.37. The van der Waals surface area contributed by atoms with Gasteiger partial charge in [0.05, 0.1) is 7.11 Å². The number of ether oxygens (including phenoxy) is 1. The maximum Gasteiger partial charge on any atom is 0.119 e. The van der Waals surface area contributed by atoms with Gasteiger partial charge < -0.3 is 15.8 Å². The van der Waals surface area contributed by atoms with Gasteiger partial charge in [-0.1, -0.05) is 12.1 Å². The fourth-order valence-corrected chi connectivity index (χ4v) is 2.76. The molecule has 1 aliphatic carbocycles. The maximum atomic E-state index is 5.92. The van der Waals surface area contributed by atoms with Crippen molar-refractivity contribution >= 4 is 0 Å². The van der Waals surface area contributed by atoms with Crippen LogP contribution in [0, 0.1) is 5.92 Å². The molecule has 1 aromatic rings. The molecule has 106 valence electrons. The summed E-state index contributed by atoms with van der Waals surface area (Å²) in [5.74, 6) is 1.77. The van der Waals surface area contributed by atoms with Gasteiger partial charge in [-0.2, -0.15) is 0 Å². The largest absolute Gasteiger partial charge is 0.497 e. The smallest absolute Gasteiger partial charge is 0.119 e. The second-order valence-corrected chi connectivity index (χ2v) is 5.59. The van der Waals surface area contributed by atoms with Crippen molar-refractivity contribution in [2.24, 2.45) is 11.7 Å². The van der Waals surface area contributed by atoms with Crippen molar-refractivity contribution in [3.05, 3.63) is 29.8 Å². The predicted molar refractivity (Wildman–Crippen MR) is 79.5 cm³/mol. The monoisotopic (exact) mass is 262 g/mol. The van der Waals surface area contributed by atoms with Gasteiger partial charge in [-0.15, -0.1) is 0 Å². The standard InChI is InChI=1S/C16H26N2O/c1-19-16-4-2-3-13(11-16)9-10-18-12-14-5-7-15(17)8-6-14/h2-4,11,14-15,18H,5-10,12,17H2,1H3. The highest BCUT2D eigenvalue weighted by Crippen LogP contribution is 2.22. The van der Waals surface area contributed by atoms with E-state index in [0.717, 1.165) is 31.2 Å². The third kappa shape index (κ3) is 4.84. The van der Waals surface area contributed by atoms with E-state index < -0.39 is 0 Å². The van der Waals surface area contributed by atoms with Crippen molar-refractivity contribution < 1.29 is 4.74 Å². The topological polar surface area (TPSA) is 47.3 Å². The van der Waals surface area contributed by atoms with Crippen LogP contribution in [-0.4, -0.2) is 26.2 Å². The van der Waals surface area contributed by atoms with Crippen molar-refractivity contribution in [1.82, 2.24) is 5.32 Å². The fourth-order valence-electron chi connectivity index (χ4n) is 2.76. The van der Waals surface area contributed by atoms with Gasteiger partial charge in [0.2, 0.25) is 0 Å². The lowest BCUT2D eigenvalue weighted by Crippen LogP contribution is -2.32. The Balaban J connectivity index is 1.63. The molecule has 0 aromatic heterocycles. The summed E-state index contributed by atoms with van der Waals surface area (Å²) in [6.07, 6.45) is 6.02. The zero-order valence-corrected chi connectivity index (χ0v) is 11.9. The van der Waals surface area contributed by atoms with Crippen molar-refractivity contribution in [1.29, 1.82) is 0 Å². The van der Waals surface area contributed by atoms with E-state index in [9.17, 15) is 0 Å². The minimum Gasteiger partial charge on any atom is -0.497 e. The second-order valence-electron chi connectivity index (χ2n) is 5.59. The average Bonchev–Trinajstić information content (AvgIpc) is 2.46. The molecule has 19 heavy (non-hydrogen) atoms. The minimum atomic E-state index is 0.452. The molecule has 3 heteroatoms. The van der Waals surface area contributed by atoms with Crippen LogP contribution in [0.1, 0.15) is 31.2 Å². The number of rotatable bonds is 6. The van der Waals surface area contributed by atoms with Crippen LogP contribution in [0.25, 0.3) is 0 Å². The van der Waals surface area contributed by atoms with Crippen LogP contribution in [0.4, 0.5) is 0 Å². The van der Waals surface area contributed by atoms with Gasteiger partial charge >= 0.3 is 0 Å². The third-order valence-electron chi connectivity index (χ3n) is 4.05. The van der Waals surface area contributed by atoms with Gasteiger partial charge in [0.25, 0.3) is 0 Å². The summed E-state index contributed by atoms with van der Waals surface area (Å²) in [5, 5.41) is 3.57. The molecule has 1 aromatic carbocycles. The number of methoxy groups -OCH3 is 1. The molecule has 1 fully saturated rings. The van der Waals surface area contributed by atoms with Crippen LogP contribution in [0.5, 0.6) is 5.75 Å². The Hall–Kier alpha value is -1.06. The Morgan fingerprint density at radius 1 is 1.26 bits per heavy atom. The van der Waals surface area contributed by atoms with Crippen molar-refractivity contribution in [2.45, 2.75) is 38.1 Å². The lowest BCUT2D eigenvalue weighted by atomic mass is 9.86. The van der Waals surface area contributed by atoms with Crippen LogP contribution in [0.15, 0.2) is 24.3 Å². The number of benzene rings is 1. The fraction of sp³-hybridized carbons (Fsp3) is 0.625. The molecular weight excluding hydrogens is 236 g/mol. The highest BCUT2D eigenvalue weighted by molar-refractivity contribution is 5.28. The van der Waals surface area contributed by atoms with E-state index in [1.54, 1.807) is 7.11 Å². The molecule has 0 aliphatic heterocycles. The summed E-state index contributed by atoms with van der Waals surface area (Å²) >= 11 is 0. The Morgan fingerprint density at radius 2 is 2.05 bits per heavy atom. The van der Waals surface area contributed by atoms with Crippen LogP contribution in [0.3, 0.4) is 0 Å². The van der Waals surface area contributed by atoms with E-state index in [4.69, 9.17) is 10.5 Å². The minimum absolute atomic E-state index is 0.452. The molecular formula is C16H26N2O. The average molecular weight is 262 g/mol. The molecule has 0 unspecified atom stereocenters. The molecule has 0 heterocycles. The summed E-state index contributed by atoms with van der Waals surface area (Å²) in [4.78, 5) is 0. The Kier molecular flexibility index (Phi) is 5.67. The quantitative estimate of drug-likeness (QED) is 0.774. The Labute approximate surface area is 116 Å². The molecule has 1 saturated carbocycles. The Morgan fingerprint density at radius 3 is 2.79 bits per heavy atom. The lowest BCUT2D eigenvalue weighted by molar-refractivity contribution is 0.315. The van der Waals surface area contributed by atoms with Crippen LogP contribution >= 0.6 is 0 Å². The zero-order valence-electron chi connectivity index (χ0n) is 11.9. The molecule has 0 radical (unpaired) electrons.